The van der Waals surface area contributed by atoms with Crippen molar-refractivity contribution < 1.29 is 120 Å². The number of alkyl carbamates (subject to hydrolysis) is 1. The Morgan fingerprint density at radius 2 is 1.39 bits per heavy atom. The number of esters is 1. The highest BCUT2D eigenvalue weighted by Crippen LogP contribution is 2.40. The highest BCUT2D eigenvalue weighted by molar-refractivity contribution is 6.39. The number of hydrogen-bond acceptors (Lipinski definition) is 32. The molecule has 0 radical (unpaired) electrons. The van der Waals surface area contributed by atoms with Crippen LogP contribution in [0.1, 0.15) is 142 Å². The number of methoxy groups -OCH3 is 2. The van der Waals surface area contributed by atoms with E-state index in [4.69, 9.17) is 88.3 Å². The molecule has 702 valence electrons. The molecule has 127 heavy (non-hydrogen) atoms. The number of aliphatic hydroxyl groups is 5. The van der Waals surface area contributed by atoms with Crippen molar-refractivity contribution in [1.82, 2.24) is 39.8 Å². The summed E-state index contributed by atoms with van der Waals surface area (Å²) in [6.07, 6.45) is 5.88. The summed E-state index contributed by atoms with van der Waals surface area (Å²) in [6.45, 7) is 17.6. The number of benzene rings is 2. The van der Waals surface area contributed by atoms with Crippen LogP contribution in [-0.4, -0.2) is 307 Å². The van der Waals surface area contributed by atoms with Gasteiger partial charge in [-0.05, 0) is 130 Å². The van der Waals surface area contributed by atoms with Crippen LogP contribution in [-0.2, 0) is 105 Å². The minimum absolute atomic E-state index is 0.0192. The van der Waals surface area contributed by atoms with Crippen molar-refractivity contribution in [2.24, 2.45) is 29.4 Å². The van der Waals surface area contributed by atoms with Gasteiger partial charge in [0.25, 0.3) is 17.7 Å². The number of ketones is 2. The van der Waals surface area contributed by atoms with Crippen molar-refractivity contribution in [3.8, 4) is 11.3 Å². The molecule has 0 spiro atoms. The zero-order valence-electron chi connectivity index (χ0n) is 74.6. The Bertz CT molecular complexity index is 4500. The summed E-state index contributed by atoms with van der Waals surface area (Å²) in [5.41, 5.74) is 24.9. The second-order valence-corrected chi connectivity index (χ2v) is 33.8. The van der Waals surface area contributed by atoms with Crippen LogP contribution in [0.15, 0.2) is 94.7 Å². The number of cyclic esters (lactones) is 1. The standard InChI is InChI=1S/C91H133N11O25/c1-57-14-10-9-11-15-58(2)74(114-7)50-67-21-17-62(6)91(113,127-67)83(108)86(109)101-28-13-12-16-70(101)87(110)124-75(59(3)47-61(5)81(106)82(107)80(105)60(4)46-57)51-71(103)68(92)52-90(112)26-23-73(76(53-90)115-8)126-89(111)95-27-31-117-33-35-119-37-39-121-41-43-123-45-44-122-42-40-120-38-36-118-34-32-116-30-25-77(104)100-29-24-64-48-63(18-19-66(64)55-100)54-102-85-78(84(93)96-56-97-85)79(99-102)65-20-22-72-69(49-65)98-88(94)125-72/h9-11,14-15,18-20,22,47-49,56-57,59-60,62,67-68,70-71,73-76,81-82,103,106-107,112-113H,12-13,16-17,21,23-46,50-55,92H2,1-8H3,(H2,94,98)(H,95,111)(H2,93,96,97)/b11-9+,14-10+,58-15+,61-47+/t57-,59-,60-,62-,67+,68-,70+,71+,73-,74+,75-,76-,81-,82+,90-,91-/m1/s1. The number of rotatable bonds is 38. The molecule has 10 rings (SSSR count). The first-order valence-corrected chi connectivity index (χ1v) is 44.4. The molecule has 5 aromatic rings. The van der Waals surface area contributed by atoms with E-state index >= 15 is 0 Å². The van der Waals surface area contributed by atoms with Crippen LogP contribution in [0.4, 0.5) is 16.6 Å². The van der Waals surface area contributed by atoms with E-state index in [0.29, 0.717) is 178 Å². The molecule has 0 unspecified atom stereocenters. The van der Waals surface area contributed by atoms with Gasteiger partial charge in [0.15, 0.2) is 17.0 Å². The maximum absolute atomic E-state index is 14.7. The fraction of sp³-hybridized carbons (Fsp3) is 0.648. The van der Waals surface area contributed by atoms with Gasteiger partial charge >= 0.3 is 12.1 Å². The molecule has 36 nitrogen and oxygen atoms in total. The lowest BCUT2D eigenvalue weighted by molar-refractivity contribution is -0.265. The van der Waals surface area contributed by atoms with Crippen molar-refractivity contribution >= 4 is 69.4 Å². The predicted molar refractivity (Wildman–Crippen MR) is 467 cm³/mol. The smallest absolute Gasteiger partial charge is 0.407 e. The van der Waals surface area contributed by atoms with E-state index in [0.717, 1.165) is 33.6 Å². The molecule has 5 aliphatic rings. The number of carbonyl (C=O) groups excluding carboxylic acids is 6. The summed E-state index contributed by atoms with van der Waals surface area (Å²) >= 11 is 0. The Balaban J connectivity index is 0.544. The molecule has 7 heterocycles. The molecule has 2 aromatic carbocycles. The van der Waals surface area contributed by atoms with Crippen molar-refractivity contribution in [2.75, 3.05) is 151 Å². The normalized spacial score (nSPS) is 27.6. The van der Waals surface area contributed by atoms with Crippen LogP contribution in [0.5, 0.6) is 0 Å². The third kappa shape index (κ3) is 29.2. The minimum atomic E-state index is -2.52. The number of hydrogen-bond donors (Lipinski definition) is 9. The topological polar surface area (TPSA) is 490 Å². The highest BCUT2D eigenvalue weighted by atomic mass is 16.6. The fourth-order valence-corrected chi connectivity index (χ4v) is 16.9. The Morgan fingerprint density at radius 3 is 2.06 bits per heavy atom. The van der Waals surface area contributed by atoms with Gasteiger partial charge in [0.05, 0.1) is 154 Å². The lowest BCUT2D eigenvalue weighted by Gasteiger charge is -2.43. The average Bonchev–Trinajstić information content (AvgIpc) is 1.49. The average molecular weight is 1780 g/mol. The van der Waals surface area contributed by atoms with Gasteiger partial charge < -0.3 is 124 Å². The van der Waals surface area contributed by atoms with E-state index in [1.54, 1.807) is 33.9 Å². The third-order valence-electron chi connectivity index (χ3n) is 24.2. The fourth-order valence-electron chi connectivity index (χ4n) is 16.9. The molecule has 4 aliphatic heterocycles. The maximum Gasteiger partial charge on any atom is 0.407 e. The number of nitrogen functional groups attached to an aromatic ring is 2. The number of aliphatic hydroxyl groups excluding tert-OH is 3. The number of nitrogens with one attached hydrogen (secondary N) is 1. The number of oxazole rings is 1. The number of carbonyl (C=O) groups is 6. The SMILES string of the molecule is CO[C@H]1C[C@@H]2CC[C@@H](C)[C@@](O)(O2)C(=O)C(=O)N2CCCC[C@H]2C(=O)O[C@H](C[C@H](O)[C@H](N)C[C@]2(O)CC[C@@H](OC(=O)NCCOCCOCCOCCOCCOCCOCCOCCOCCC(=O)N3CCc4cc(Cn5nc(-c6ccc7oc(N)nc7c6)c6c(N)ncnc65)ccc4C3)[C@H](OC)C2)[C@H](C)/C=C(\C)[C@@H](O)[C@@H](O)C(=O)[C@H](C)C[C@H](C)/C=C/C=C/C=C/1C. The van der Waals surface area contributed by atoms with Gasteiger partial charge in [0.1, 0.15) is 53.8 Å². The van der Waals surface area contributed by atoms with Gasteiger partial charge in [-0.2, -0.15) is 10.1 Å². The highest BCUT2D eigenvalue weighted by Gasteiger charge is 2.54. The zero-order valence-corrected chi connectivity index (χ0v) is 74.6. The first-order chi connectivity index (χ1) is 61.1. The number of anilines is 2. The molecule has 1 aliphatic carbocycles. The molecule has 2 saturated heterocycles. The summed E-state index contributed by atoms with van der Waals surface area (Å²) in [7, 11) is 2.97. The molecular weight excluding hydrogens is 1650 g/mol. The van der Waals surface area contributed by atoms with Gasteiger partial charge in [-0.25, -0.2) is 24.2 Å². The quantitative estimate of drug-likeness (QED) is 0.00929. The summed E-state index contributed by atoms with van der Waals surface area (Å²) in [6, 6.07) is 9.45. The maximum atomic E-state index is 14.7. The predicted octanol–water partition coefficient (Wildman–Crippen LogP) is 6.13. The zero-order chi connectivity index (χ0) is 91.2. The van der Waals surface area contributed by atoms with Gasteiger partial charge in [-0.3, -0.25) is 19.2 Å². The number of nitrogens with zero attached hydrogens (tertiary/aromatic N) is 7. The van der Waals surface area contributed by atoms with Crippen molar-refractivity contribution in [3.63, 3.8) is 0 Å². The Labute approximate surface area is 741 Å². The Hall–Kier alpha value is -8.64. The Morgan fingerprint density at radius 1 is 0.724 bits per heavy atom. The molecule has 3 aromatic heterocycles. The van der Waals surface area contributed by atoms with Crippen molar-refractivity contribution in [3.05, 3.63) is 107 Å². The molecule has 3 amide bonds. The number of Topliss-reactive ketones (excluding diaryl/α,β-unsaturated/α-hetero) is 2. The van der Waals surface area contributed by atoms with Crippen LogP contribution in [0.2, 0.25) is 0 Å². The molecule has 12 N–H and O–H groups in total. The number of fused-ring (bicyclic) bond motifs is 6. The molecular formula is C91H133N11O25. The van der Waals surface area contributed by atoms with E-state index in [-0.39, 0.29) is 101 Å². The number of aromatic nitrogens is 5. The van der Waals surface area contributed by atoms with Gasteiger partial charge in [-0.15, -0.1) is 0 Å². The Kier molecular flexibility index (Phi) is 39.5. The third-order valence-corrected chi connectivity index (χ3v) is 24.2. The number of piperidine rings is 1. The van der Waals surface area contributed by atoms with E-state index in [1.807, 2.05) is 65.9 Å². The first kappa shape index (κ1) is 101. The van der Waals surface area contributed by atoms with Crippen LogP contribution in [0.3, 0.4) is 0 Å². The van der Waals surface area contributed by atoms with Crippen LogP contribution < -0.4 is 22.5 Å². The van der Waals surface area contributed by atoms with E-state index in [9.17, 15) is 54.3 Å². The molecule has 1 saturated carbocycles. The van der Waals surface area contributed by atoms with Gasteiger partial charge in [0, 0.05) is 89.0 Å². The van der Waals surface area contributed by atoms with Gasteiger partial charge in [0.2, 0.25) is 11.7 Å². The summed E-state index contributed by atoms with van der Waals surface area (Å²) in [5.74, 6) is -8.39. The minimum Gasteiger partial charge on any atom is -0.460 e. The summed E-state index contributed by atoms with van der Waals surface area (Å²) in [5, 5.41) is 67.2. The van der Waals surface area contributed by atoms with Crippen LogP contribution in [0.25, 0.3) is 33.4 Å². The summed E-state index contributed by atoms with van der Waals surface area (Å²) in [4.78, 5) is 99.4. The second kappa shape index (κ2) is 49.9. The second-order valence-electron chi connectivity index (χ2n) is 33.8. The number of amides is 3. The molecule has 36 heteroatoms. The number of nitrogens with two attached hydrogens (primary N) is 3. The van der Waals surface area contributed by atoms with Crippen molar-refractivity contribution in [1.29, 1.82) is 0 Å². The van der Waals surface area contributed by atoms with Crippen LogP contribution in [0, 0.1) is 23.7 Å². The van der Waals surface area contributed by atoms with Gasteiger partial charge in [-0.1, -0.05) is 82.4 Å². The van der Waals surface area contributed by atoms with Crippen molar-refractivity contribution in [2.45, 2.75) is 217 Å². The van der Waals surface area contributed by atoms with E-state index < -0.39 is 120 Å². The number of allylic oxidation sites excluding steroid dienone is 5. The lowest BCUT2D eigenvalue weighted by atomic mass is 9.76. The molecule has 3 fully saturated rings. The largest absolute Gasteiger partial charge is 0.460 e. The lowest BCUT2D eigenvalue weighted by Crippen LogP contribution is -2.61. The molecule has 16 atom stereocenters. The van der Waals surface area contributed by atoms with E-state index in [1.165, 1.54) is 32.0 Å². The number of ether oxygens (including phenoxy) is 13. The molecule has 2 bridgehead atoms. The first-order valence-electron chi connectivity index (χ1n) is 44.4. The summed E-state index contributed by atoms with van der Waals surface area (Å²) < 4.78 is 82.0. The van der Waals surface area contributed by atoms with E-state index in [2.05, 4.69) is 38.5 Å². The van der Waals surface area contributed by atoms with Crippen LogP contribution >= 0.6 is 0 Å². The monoisotopic (exact) mass is 1780 g/mol.